The minimum absolute atomic E-state index is 0.226. The predicted molar refractivity (Wildman–Crippen MR) is 98.9 cm³/mol. The van der Waals surface area contributed by atoms with Gasteiger partial charge >= 0.3 is 57.1 Å². The second-order valence-corrected chi connectivity index (χ2v) is 8.19. The van der Waals surface area contributed by atoms with E-state index in [1.54, 1.807) is 0 Å². The Kier molecular flexibility index (Phi) is 42.3. The van der Waals surface area contributed by atoms with Gasteiger partial charge in [0.15, 0.2) is 0 Å². The van der Waals surface area contributed by atoms with Gasteiger partial charge in [0, 0.05) is 0 Å². The van der Waals surface area contributed by atoms with Gasteiger partial charge in [-0.2, -0.15) is 0 Å². The second-order valence-electron chi connectivity index (χ2n) is 5.70. The molecule has 0 bridgehead atoms. The molecule has 146 valence electrons. The number of rotatable bonds is 12. The van der Waals surface area contributed by atoms with E-state index in [1.165, 1.54) is 82.0 Å². The van der Waals surface area contributed by atoms with Crippen molar-refractivity contribution in [2.45, 2.75) is 79.1 Å². The van der Waals surface area contributed by atoms with E-state index in [4.69, 9.17) is 28.7 Å². The molecule has 0 aromatic rings. The van der Waals surface area contributed by atoms with Crippen LogP contribution in [0, 0.1) is 13.3 Å². The molecule has 0 radical (unpaired) electrons. The Labute approximate surface area is 166 Å². The molecular weight excluding hydrogens is 436 g/mol. The molecule has 3 nitrogen and oxygen atoms in total. The topological polar surface area (TPSA) is 39.8 Å². The van der Waals surface area contributed by atoms with Crippen LogP contribution >= 0.6 is 19.4 Å². The summed E-state index contributed by atoms with van der Waals surface area (Å²) in [5.74, 6) is 0. The van der Waals surface area contributed by atoms with Crippen molar-refractivity contribution in [1.29, 1.82) is 0 Å². The fourth-order valence-corrected chi connectivity index (χ4v) is 2.64. The quantitative estimate of drug-likeness (QED) is 0.138. The van der Waals surface area contributed by atoms with Crippen molar-refractivity contribution in [2.24, 2.45) is 0 Å². The van der Waals surface area contributed by atoms with Crippen molar-refractivity contribution in [3.8, 4) is 0 Å². The van der Waals surface area contributed by atoms with Gasteiger partial charge < -0.3 is 4.48 Å². The molecule has 0 rings (SSSR count). The van der Waals surface area contributed by atoms with E-state index in [2.05, 4.69) is 41.0 Å². The zero-order valence-electron chi connectivity index (χ0n) is 15.8. The Bertz CT molecular complexity index is 208. The number of halogens is 2. The average Bonchev–Trinajstić information content (AvgIpc) is 2.64. The summed E-state index contributed by atoms with van der Waals surface area (Å²) in [5, 5.41) is 0. The van der Waals surface area contributed by atoms with Crippen LogP contribution in [0.4, 0.5) is 0 Å². The van der Waals surface area contributed by atoms with E-state index >= 15 is 0 Å². The zero-order valence-corrected chi connectivity index (χ0v) is 19.0. The molecule has 6 heteroatoms. The van der Waals surface area contributed by atoms with Crippen LogP contribution in [0.3, 0.4) is 0 Å². The molecule has 0 aromatic heterocycles. The molecule has 0 saturated carbocycles. The van der Waals surface area contributed by atoms with Gasteiger partial charge in [0.25, 0.3) is 0 Å². The number of hydrogen-bond donors (Lipinski definition) is 0. The van der Waals surface area contributed by atoms with E-state index < -0.39 is 0 Å². The van der Waals surface area contributed by atoms with Crippen LogP contribution in [0.5, 0.6) is 0 Å². The molecule has 0 aliphatic heterocycles. The fraction of sp³-hybridized carbons (Fsp3) is 0.889. The summed E-state index contributed by atoms with van der Waals surface area (Å²) in [6.07, 6.45) is 11.1. The maximum absolute atomic E-state index is 7.50. The number of quaternary nitrogens is 1. The fourth-order valence-electron chi connectivity index (χ4n) is 2.64. The van der Waals surface area contributed by atoms with Crippen molar-refractivity contribution in [2.75, 3.05) is 26.2 Å². The molecule has 0 heterocycles. The Morgan fingerprint density at radius 2 is 0.792 bits per heavy atom. The summed E-state index contributed by atoms with van der Waals surface area (Å²) in [6, 6.07) is 0. The first kappa shape index (κ1) is 32.3. The molecule has 0 N–H and O–H groups in total. The van der Waals surface area contributed by atoms with E-state index in [9.17, 15) is 0 Å². The second kappa shape index (κ2) is 31.4. The first-order valence-corrected chi connectivity index (χ1v) is 13.0. The van der Waals surface area contributed by atoms with E-state index in [0.717, 1.165) is 0 Å². The van der Waals surface area contributed by atoms with Gasteiger partial charge in [0.1, 0.15) is 0 Å². The summed E-state index contributed by atoms with van der Waals surface area (Å²) >= 11 is -0.226. The van der Waals surface area contributed by atoms with Crippen molar-refractivity contribution in [3.63, 3.8) is 0 Å². The molecule has 0 aliphatic carbocycles. The minimum atomic E-state index is -0.226. The van der Waals surface area contributed by atoms with Gasteiger partial charge in [-0.3, -0.25) is 0 Å². The van der Waals surface area contributed by atoms with Gasteiger partial charge in [0.2, 0.25) is 0 Å². The Balaban J connectivity index is -0.000000247. The number of unbranched alkanes of at least 4 members (excludes halogenated alkanes) is 4. The molecule has 0 aliphatic rings. The van der Waals surface area contributed by atoms with Crippen LogP contribution in [0.15, 0.2) is 0 Å². The van der Waals surface area contributed by atoms with E-state index in [-0.39, 0.29) is 15.1 Å². The third kappa shape index (κ3) is 24.9. The van der Waals surface area contributed by atoms with E-state index in [1.807, 2.05) is 0 Å². The number of hydrogen-bond acceptors (Lipinski definition) is 0. The normalized spacial score (nSPS) is 9.58. The molecule has 0 aromatic carbocycles. The van der Waals surface area contributed by atoms with Gasteiger partial charge in [-0.25, -0.2) is 0 Å². The molecular formula is C18H36Cl2NO2Rh+2. The number of nitrogens with zero attached hydrogens (tertiary/aromatic N) is 1. The first-order chi connectivity index (χ1) is 11.7. The summed E-state index contributed by atoms with van der Waals surface area (Å²) in [6.45, 7) is 24.0. The summed E-state index contributed by atoms with van der Waals surface area (Å²) in [5.41, 5.74) is 0. The van der Waals surface area contributed by atoms with Gasteiger partial charge in [-0.15, -0.1) is 0 Å². The molecule has 0 spiro atoms. The zero-order chi connectivity index (χ0) is 19.7. The summed E-state index contributed by atoms with van der Waals surface area (Å²) in [7, 11) is 9.67. The Morgan fingerprint density at radius 3 is 0.917 bits per heavy atom. The summed E-state index contributed by atoms with van der Waals surface area (Å²) in [4.78, 5) is 0. The van der Waals surface area contributed by atoms with Crippen LogP contribution in [-0.2, 0) is 24.4 Å². The Hall–Kier alpha value is 0.643. The molecule has 0 atom stereocenters. The van der Waals surface area contributed by atoms with Gasteiger partial charge in [-0.05, 0) is 25.7 Å². The van der Waals surface area contributed by atoms with Crippen LogP contribution < -0.4 is 0 Å². The molecule has 0 saturated heterocycles. The van der Waals surface area contributed by atoms with Crippen LogP contribution in [0.2, 0.25) is 0 Å². The third-order valence-corrected chi connectivity index (χ3v) is 3.94. The monoisotopic (exact) mass is 471 g/mol. The van der Waals surface area contributed by atoms with Gasteiger partial charge in [-0.1, -0.05) is 53.4 Å². The van der Waals surface area contributed by atoms with Crippen LogP contribution in [0.25, 0.3) is 0 Å². The van der Waals surface area contributed by atoms with Crippen LogP contribution in [0.1, 0.15) is 79.1 Å². The van der Waals surface area contributed by atoms with Crippen molar-refractivity contribution < 1.29 is 28.9 Å². The summed E-state index contributed by atoms with van der Waals surface area (Å²) < 4.78 is 16.4. The molecule has 0 amide bonds. The SMILES string of the molecule is CCCC[N+](CCCC)(CCCC)CCCC.[C-]#[O+].[C-]#[O+].[Cl][Rh+][Cl]. The van der Waals surface area contributed by atoms with Crippen molar-refractivity contribution in [3.05, 3.63) is 13.3 Å². The van der Waals surface area contributed by atoms with E-state index in [0.29, 0.717) is 0 Å². The molecule has 0 fully saturated rings. The van der Waals surface area contributed by atoms with Crippen molar-refractivity contribution in [1.82, 2.24) is 0 Å². The Morgan fingerprint density at radius 1 is 0.625 bits per heavy atom. The molecule has 24 heavy (non-hydrogen) atoms. The molecule has 0 unspecified atom stereocenters. The predicted octanol–water partition coefficient (Wildman–Crippen LogP) is 6.31. The van der Waals surface area contributed by atoms with Crippen molar-refractivity contribution >= 4 is 19.4 Å². The third-order valence-electron chi connectivity index (χ3n) is 3.94. The maximum atomic E-state index is 7.50. The first-order valence-electron chi connectivity index (χ1n) is 8.75. The van der Waals surface area contributed by atoms with Gasteiger partial charge in [0.05, 0.1) is 26.2 Å². The standard InChI is InChI=1S/C16H36N.2CO.2ClH.Rh/c1-5-9-13-17(14-10-6-2,15-11-7-3)16-12-8-4;2*1-2;;;/h5-16H2,1-4H3;;;2*1H;/q+1;;;;;+3/p-2. The van der Waals surface area contributed by atoms with Crippen LogP contribution in [-0.4, -0.2) is 30.7 Å². The average molecular weight is 472 g/mol.